The zero-order valence-electron chi connectivity index (χ0n) is 9.36. The molecule has 1 rings (SSSR count). The smallest absolute Gasteiger partial charge is 0.246 e. The minimum Gasteiger partial charge on any atom is -0.497 e. The molecule has 5 heteroatoms. The van der Waals surface area contributed by atoms with E-state index >= 15 is 0 Å². The van der Waals surface area contributed by atoms with E-state index in [-0.39, 0.29) is 12.3 Å². The van der Waals surface area contributed by atoms with Crippen LogP contribution < -0.4 is 15.0 Å². The van der Waals surface area contributed by atoms with Crippen LogP contribution in [-0.2, 0) is 9.63 Å². The highest BCUT2D eigenvalue weighted by Crippen LogP contribution is 2.16. The molecule has 0 aliphatic heterocycles. The monoisotopic (exact) mass is 225 g/mol. The lowest BCUT2D eigenvalue weighted by atomic mass is 10.3. The van der Waals surface area contributed by atoms with Crippen molar-refractivity contribution in [3.05, 3.63) is 24.3 Å². The lowest BCUT2D eigenvalue weighted by Gasteiger charge is -2.06. The molecule has 0 aliphatic carbocycles. The highest BCUT2D eigenvalue weighted by molar-refractivity contribution is 5.74. The fourth-order valence-corrected chi connectivity index (χ4v) is 1.10. The molecule has 1 N–H and O–H groups in total. The summed E-state index contributed by atoms with van der Waals surface area (Å²) in [5.74, 6) is 1.26. The van der Waals surface area contributed by atoms with Crippen LogP contribution in [0, 0.1) is 0 Å². The van der Waals surface area contributed by atoms with Crippen LogP contribution in [-0.4, -0.2) is 26.7 Å². The van der Waals surface area contributed by atoms with Gasteiger partial charge in [0.1, 0.15) is 11.5 Å². The molecule has 0 bridgehead atoms. The van der Waals surface area contributed by atoms with Crippen LogP contribution in [0.5, 0.6) is 11.5 Å². The van der Waals surface area contributed by atoms with Gasteiger partial charge in [0.2, 0.25) is 5.91 Å². The van der Waals surface area contributed by atoms with E-state index < -0.39 is 0 Å². The second-order valence-electron chi connectivity index (χ2n) is 3.00. The number of carbonyl (C=O) groups is 1. The van der Waals surface area contributed by atoms with E-state index in [1.807, 2.05) is 0 Å². The Morgan fingerprint density at radius 2 is 1.81 bits per heavy atom. The molecular formula is C11H15NO4. The van der Waals surface area contributed by atoms with Crippen LogP contribution in [0.3, 0.4) is 0 Å². The minimum absolute atomic E-state index is 0.212. The SMILES string of the molecule is CONC(=O)CCOc1ccc(OC)cc1. The molecule has 0 aliphatic rings. The molecule has 5 nitrogen and oxygen atoms in total. The Labute approximate surface area is 94.3 Å². The second kappa shape index (κ2) is 6.68. The Morgan fingerprint density at radius 1 is 1.19 bits per heavy atom. The zero-order valence-corrected chi connectivity index (χ0v) is 9.36. The number of hydrogen-bond donors (Lipinski definition) is 1. The molecular weight excluding hydrogens is 210 g/mol. The molecule has 16 heavy (non-hydrogen) atoms. The van der Waals surface area contributed by atoms with E-state index in [0.29, 0.717) is 12.4 Å². The molecule has 0 unspecified atom stereocenters. The molecule has 88 valence electrons. The Morgan fingerprint density at radius 3 is 2.38 bits per heavy atom. The number of ether oxygens (including phenoxy) is 2. The Balaban J connectivity index is 2.29. The van der Waals surface area contributed by atoms with Gasteiger partial charge in [0.25, 0.3) is 0 Å². The highest BCUT2D eigenvalue weighted by atomic mass is 16.6. The summed E-state index contributed by atoms with van der Waals surface area (Å²) < 4.78 is 10.4. The van der Waals surface area contributed by atoms with Gasteiger partial charge in [-0.15, -0.1) is 0 Å². The lowest BCUT2D eigenvalue weighted by molar-refractivity contribution is -0.131. The van der Waals surface area contributed by atoms with Gasteiger partial charge in [-0.05, 0) is 24.3 Å². The van der Waals surface area contributed by atoms with Gasteiger partial charge >= 0.3 is 0 Å². The molecule has 1 amide bonds. The average molecular weight is 225 g/mol. The summed E-state index contributed by atoms with van der Waals surface area (Å²) in [5.41, 5.74) is 2.21. The van der Waals surface area contributed by atoms with Gasteiger partial charge in [-0.2, -0.15) is 0 Å². The molecule has 0 aromatic heterocycles. The van der Waals surface area contributed by atoms with Crippen molar-refractivity contribution < 1.29 is 19.1 Å². The summed E-state index contributed by atoms with van der Waals surface area (Å²) >= 11 is 0. The maximum absolute atomic E-state index is 11.0. The first-order valence-corrected chi connectivity index (χ1v) is 4.85. The zero-order chi connectivity index (χ0) is 11.8. The van der Waals surface area contributed by atoms with Gasteiger partial charge in [0.15, 0.2) is 0 Å². The van der Waals surface area contributed by atoms with Crippen molar-refractivity contribution in [1.29, 1.82) is 0 Å². The first-order chi connectivity index (χ1) is 7.76. The van der Waals surface area contributed by atoms with Crippen molar-refractivity contribution in [2.24, 2.45) is 0 Å². The number of benzene rings is 1. The first-order valence-electron chi connectivity index (χ1n) is 4.85. The maximum atomic E-state index is 11.0. The normalized spacial score (nSPS) is 9.62. The topological polar surface area (TPSA) is 56.8 Å². The number of hydroxylamine groups is 1. The largest absolute Gasteiger partial charge is 0.497 e. The van der Waals surface area contributed by atoms with Crippen molar-refractivity contribution in [2.75, 3.05) is 20.8 Å². The van der Waals surface area contributed by atoms with Crippen molar-refractivity contribution in [1.82, 2.24) is 5.48 Å². The number of hydrogen-bond acceptors (Lipinski definition) is 4. The minimum atomic E-state index is -0.212. The van der Waals surface area contributed by atoms with Gasteiger partial charge < -0.3 is 9.47 Å². The molecule has 0 radical (unpaired) electrons. The summed E-state index contributed by atoms with van der Waals surface area (Å²) in [6, 6.07) is 7.16. The first kappa shape index (κ1) is 12.3. The number of amides is 1. The molecule has 0 atom stereocenters. The standard InChI is InChI=1S/C11H15NO4/c1-14-9-3-5-10(6-4-9)16-8-7-11(13)12-15-2/h3-6H,7-8H2,1-2H3,(H,12,13). The second-order valence-corrected chi connectivity index (χ2v) is 3.00. The van der Waals surface area contributed by atoms with Crippen LogP contribution in [0.1, 0.15) is 6.42 Å². The number of carbonyl (C=O) groups excluding carboxylic acids is 1. The van der Waals surface area contributed by atoms with Gasteiger partial charge in [-0.1, -0.05) is 0 Å². The summed E-state index contributed by atoms with van der Waals surface area (Å²) in [6.07, 6.45) is 0.250. The van der Waals surface area contributed by atoms with E-state index in [0.717, 1.165) is 5.75 Å². The predicted molar refractivity (Wildman–Crippen MR) is 58.3 cm³/mol. The summed E-state index contributed by atoms with van der Waals surface area (Å²) in [6.45, 7) is 0.307. The van der Waals surface area contributed by atoms with E-state index in [9.17, 15) is 4.79 Å². The average Bonchev–Trinajstić information content (AvgIpc) is 2.30. The predicted octanol–water partition coefficient (Wildman–Crippen LogP) is 1.14. The summed E-state index contributed by atoms with van der Waals surface area (Å²) in [7, 11) is 2.99. The molecule has 0 saturated heterocycles. The maximum Gasteiger partial charge on any atom is 0.246 e. The number of nitrogens with one attached hydrogen (secondary N) is 1. The van der Waals surface area contributed by atoms with Gasteiger partial charge in [-0.25, -0.2) is 5.48 Å². The Kier molecular flexibility index (Phi) is 5.15. The van der Waals surface area contributed by atoms with Crippen LogP contribution in [0.2, 0.25) is 0 Å². The summed E-state index contributed by atoms with van der Waals surface area (Å²) in [5, 5.41) is 0. The van der Waals surface area contributed by atoms with Gasteiger partial charge in [0.05, 0.1) is 27.2 Å². The van der Waals surface area contributed by atoms with Crippen molar-refractivity contribution in [3.8, 4) is 11.5 Å². The Bertz CT molecular complexity index is 323. The molecule has 0 fully saturated rings. The Hall–Kier alpha value is -1.75. The lowest BCUT2D eigenvalue weighted by Crippen LogP contribution is -2.23. The van der Waals surface area contributed by atoms with Crippen LogP contribution in [0.15, 0.2) is 24.3 Å². The van der Waals surface area contributed by atoms with E-state index in [2.05, 4.69) is 10.3 Å². The van der Waals surface area contributed by atoms with E-state index in [1.165, 1.54) is 7.11 Å². The van der Waals surface area contributed by atoms with Gasteiger partial charge in [0, 0.05) is 0 Å². The molecule has 0 saturated carbocycles. The van der Waals surface area contributed by atoms with E-state index in [1.54, 1.807) is 31.4 Å². The molecule has 1 aromatic rings. The molecule has 0 spiro atoms. The quantitative estimate of drug-likeness (QED) is 0.738. The van der Waals surface area contributed by atoms with Crippen LogP contribution >= 0.6 is 0 Å². The third-order valence-corrected chi connectivity index (χ3v) is 1.87. The molecule has 0 heterocycles. The van der Waals surface area contributed by atoms with Crippen LogP contribution in [0.25, 0.3) is 0 Å². The van der Waals surface area contributed by atoms with Crippen molar-refractivity contribution in [3.63, 3.8) is 0 Å². The fourth-order valence-electron chi connectivity index (χ4n) is 1.10. The molecule has 1 aromatic carbocycles. The van der Waals surface area contributed by atoms with Crippen LogP contribution in [0.4, 0.5) is 0 Å². The third kappa shape index (κ3) is 4.18. The van der Waals surface area contributed by atoms with Crippen molar-refractivity contribution in [2.45, 2.75) is 6.42 Å². The highest BCUT2D eigenvalue weighted by Gasteiger charge is 2.00. The van der Waals surface area contributed by atoms with Crippen molar-refractivity contribution >= 4 is 5.91 Å². The third-order valence-electron chi connectivity index (χ3n) is 1.87. The number of methoxy groups -OCH3 is 1. The fraction of sp³-hybridized carbons (Fsp3) is 0.364. The van der Waals surface area contributed by atoms with Gasteiger partial charge in [-0.3, -0.25) is 9.63 Å². The van der Waals surface area contributed by atoms with E-state index in [4.69, 9.17) is 9.47 Å². The summed E-state index contributed by atoms with van der Waals surface area (Å²) in [4.78, 5) is 15.5. The number of rotatable bonds is 6.